The fraction of sp³-hybridized carbons (Fsp3) is 0.176. The van der Waals surface area contributed by atoms with Gasteiger partial charge in [0.25, 0.3) is 0 Å². The Morgan fingerprint density at radius 2 is 1.92 bits per heavy atom. The van der Waals surface area contributed by atoms with E-state index in [-0.39, 0.29) is 6.10 Å². The van der Waals surface area contributed by atoms with Crippen molar-refractivity contribution in [1.29, 1.82) is 0 Å². The van der Waals surface area contributed by atoms with Crippen LogP contribution in [0.15, 0.2) is 41.5 Å². The number of anilines is 1. The van der Waals surface area contributed by atoms with E-state index in [0.29, 0.717) is 15.8 Å². The molecular weight excluding hydrogens is 365 g/mol. The fourth-order valence-electron chi connectivity index (χ4n) is 2.08. The summed E-state index contributed by atoms with van der Waals surface area (Å²) in [5.74, 6) is 0.490. The third kappa shape index (κ3) is 3.98. The molecule has 0 unspecified atom stereocenters. The standard InChI is InChI=1S/C17H15Cl2N3OS/c1-10(2)23-16-12(18)7-11(8-13(16)19)9-20-22-17-21-14-5-3-4-6-15(14)24-17/h3-10H,1-2H3,(H,21,22)/b20-9-. The van der Waals surface area contributed by atoms with Crippen LogP contribution < -0.4 is 10.2 Å². The Balaban J connectivity index is 1.74. The number of benzene rings is 2. The quantitative estimate of drug-likeness (QED) is 0.447. The van der Waals surface area contributed by atoms with Crippen molar-refractivity contribution in [3.8, 4) is 5.75 Å². The van der Waals surface area contributed by atoms with Crippen LogP contribution in [0.1, 0.15) is 19.4 Å². The number of hydrazone groups is 1. The van der Waals surface area contributed by atoms with Crippen LogP contribution in [0.5, 0.6) is 5.75 Å². The molecule has 0 fully saturated rings. The Bertz CT molecular complexity index is 836. The molecule has 1 N–H and O–H groups in total. The number of nitrogens with one attached hydrogen (secondary N) is 1. The van der Waals surface area contributed by atoms with Gasteiger partial charge in [-0.05, 0) is 43.7 Å². The molecule has 1 heterocycles. The number of para-hydroxylation sites is 1. The summed E-state index contributed by atoms with van der Waals surface area (Å²) in [7, 11) is 0. The molecule has 0 saturated carbocycles. The highest BCUT2D eigenvalue weighted by Gasteiger charge is 2.10. The van der Waals surface area contributed by atoms with Gasteiger partial charge in [0.1, 0.15) is 0 Å². The SMILES string of the molecule is CC(C)Oc1c(Cl)cc(/C=N\Nc2nc3ccccc3s2)cc1Cl. The molecule has 0 amide bonds. The lowest BCUT2D eigenvalue weighted by Crippen LogP contribution is -2.06. The van der Waals surface area contributed by atoms with Gasteiger partial charge in [0, 0.05) is 0 Å². The molecule has 1 aromatic heterocycles. The van der Waals surface area contributed by atoms with E-state index in [1.807, 2.05) is 38.1 Å². The Morgan fingerprint density at radius 1 is 1.21 bits per heavy atom. The topological polar surface area (TPSA) is 46.5 Å². The number of aromatic nitrogens is 1. The summed E-state index contributed by atoms with van der Waals surface area (Å²) in [6.45, 7) is 3.84. The molecule has 124 valence electrons. The highest BCUT2D eigenvalue weighted by Crippen LogP contribution is 2.34. The molecule has 0 atom stereocenters. The van der Waals surface area contributed by atoms with Gasteiger partial charge < -0.3 is 4.74 Å². The molecule has 24 heavy (non-hydrogen) atoms. The molecule has 3 aromatic rings. The lowest BCUT2D eigenvalue weighted by molar-refractivity contribution is 0.243. The average Bonchev–Trinajstić information content (AvgIpc) is 2.93. The third-order valence-corrected chi connectivity index (χ3v) is 4.54. The summed E-state index contributed by atoms with van der Waals surface area (Å²) in [6, 6.07) is 11.4. The van der Waals surface area contributed by atoms with Crippen molar-refractivity contribution in [2.24, 2.45) is 5.10 Å². The maximum Gasteiger partial charge on any atom is 0.204 e. The van der Waals surface area contributed by atoms with E-state index in [1.165, 1.54) is 11.3 Å². The van der Waals surface area contributed by atoms with Crippen molar-refractivity contribution < 1.29 is 4.74 Å². The van der Waals surface area contributed by atoms with Gasteiger partial charge in [-0.15, -0.1) is 0 Å². The first kappa shape index (κ1) is 17.0. The minimum absolute atomic E-state index is 0.000203. The van der Waals surface area contributed by atoms with Crippen molar-refractivity contribution >= 4 is 56.1 Å². The number of thiazole rings is 1. The van der Waals surface area contributed by atoms with Crippen LogP contribution >= 0.6 is 34.5 Å². The number of hydrogen-bond acceptors (Lipinski definition) is 5. The van der Waals surface area contributed by atoms with Crippen LogP contribution in [-0.4, -0.2) is 17.3 Å². The maximum absolute atomic E-state index is 6.23. The number of rotatable bonds is 5. The van der Waals surface area contributed by atoms with Crippen molar-refractivity contribution in [2.75, 3.05) is 5.43 Å². The molecule has 0 aliphatic rings. The second-order valence-corrected chi connectivity index (χ2v) is 7.18. The zero-order chi connectivity index (χ0) is 17.1. The Labute approximate surface area is 154 Å². The van der Waals surface area contributed by atoms with Crippen molar-refractivity contribution in [2.45, 2.75) is 20.0 Å². The van der Waals surface area contributed by atoms with E-state index in [9.17, 15) is 0 Å². The van der Waals surface area contributed by atoms with E-state index in [0.717, 1.165) is 20.9 Å². The molecule has 0 bridgehead atoms. The third-order valence-electron chi connectivity index (χ3n) is 3.04. The molecule has 0 saturated heterocycles. The summed E-state index contributed by atoms with van der Waals surface area (Å²) >= 11 is 14.0. The van der Waals surface area contributed by atoms with Gasteiger partial charge in [-0.2, -0.15) is 5.10 Å². The second kappa shape index (κ2) is 7.38. The summed E-state index contributed by atoms with van der Waals surface area (Å²) in [4.78, 5) is 4.45. The van der Waals surface area contributed by atoms with E-state index >= 15 is 0 Å². The Kier molecular flexibility index (Phi) is 5.23. The lowest BCUT2D eigenvalue weighted by Gasteiger charge is -2.13. The molecule has 0 aliphatic carbocycles. The van der Waals surface area contributed by atoms with Crippen LogP contribution in [0, 0.1) is 0 Å². The first-order chi connectivity index (χ1) is 11.5. The van der Waals surface area contributed by atoms with E-state index in [2.05, 4.69) is 15.5 Å². The normalized spacial score (nSPS) is 11.5. The first-order valence-corrected chi connectivity index (χ1v) is 8.90. The average molecular weight is 380 g/mol. The van der Waals surface area contributed by atoms with E-state index in [4.69, 9.17) is 27.9 Å². The minimum Gasteiger partial charge on any atom is -0.488 e. The van der Waals surface area contributed by atoms with Gasteiger partial charge in [-0.25, -0.2) is 4.98 Å². The lowest BCUT2D eigenvalue weighted by atomic mass is 10.2. The highest BCUT2D eigenvalue weighted by molar-refractivity contribution is 7.22. The molecule has 0 radical (unpaired) electrons. The van der Waals surface area contributed by atoms with Crippen LogP contribution in [0.4, 0.5) is 5.13 Å². The fourth-order valence-corrected chi connectivity index (χ4v) is 3.49. The minimum atomic E-state index is 0.000203. The van der Waals surface area contributed by atoms with Crippen LogP contribution in [0.25, 0.3) is 10.2 Å². The summed E-state index contributed by atoms with van der Waals surface area (Å²) < 4.78 is 6.71. The predicted molar refractivity (Wildman–Crippen MR) is 103 cm³/mol. The number of fused-ring (bicyclic) bond motifs is 1. The molecule has 3 rings (SSSR count). The smallest absolute Gasteiger partial charge is 0.204 e. The zero-order valence-electron chi connectivity index (χ0n) is 13.1. The van der Waals surface area contributed by atoms with E-state index < -0.39 is 0 Å². The second-order valence-electron chi connectivity index (χ2n) is 5.34. The zero-order valence-corrected chi connectivity index (χ0v) is 15.4. The van der Waals surface area contributed by atoms with Crippen LogP contribution in [0.3, 0.4) is 0 Å². The van der Waals surface area contributed by atoms with Crippen molar-refractivity contribution in [3.05, 3.63) is 52.0 Å². The summed E-state index contributed by atoms with van der Waals surface area (Å²) in [5, 5.41) is 5.83. The number of hydrogen-bond donors (Lipinski definition) is 1. The summed E-state index contributed by atoms with van der Waals surface area (Å²) in [6.07, 6.45) is 1.64. The number of ether oxygens (including phenoxy) is 1. The molecule has 7 heteroatoms. The number of halogens is 2. The predicted octanol–water partition coefficient (Wildman–Crippen LogP) is 5.84. The molecule has 0 spiro atoms. The number of nitrogens with zero attached hydrogens (tertiary/aromatic N) is 2. The highest BCUT2D eigenvalue weighted by atomic mass is 35.5. The Morgan fingerprint density at radius 3 is 2.58 bits per heavy atom. The van der Waals surface area contributed by atoms with Gasteiger partial charge in [-0.3, -0.25) is 5.43 Å². The van der Waals surface area contributed by atoms with Gasteiger partial charge in [-0.1, -0.05) is 46.7 Å². The van der Waals surface area contributed by atoms with Gasteiger partial charge >= 0.3 is 0 Å². The van der Waals surface area contributed by atoms with Gasteiger partial charge in [0.15, 0.2) is 5.75 Å². The first-order valence-electron chi connectivity index (χ1n) is 7.33. The molecule has 0 aliphatic heterocycles. The van der Waals surface area contributed by atoms with E-state index in [1.54, 1.807) is 18.3 Å². The summed E-state index contributed by atoms with van der Waals surface area (Å²) in [5.41, 5.74) is 4.65. The van der Waals surface area contributed by atoms with Crippen molar-refractivity contribution in [1.82, 2.24) is 4.98 Å². The molecular formula is C17H15Cl2N3OS. The van der Waals surface area contributed by atoms with Crippen LogP contribution in [0.2, 0.25) is 10.0 Å². The van der Waals surface area contributed by atoms with Crippen molar-refractivity contribution in [3.63, 3.8) is 0 Å². The molecule has 2 aromatic carbocycles. The van der Waals surface area contributed by atoms with Gasteiger partial charge in [0.05, 0.1) is 32.6 Å². The van der Waals surface area contributed by atoms with Gasteiger partial charge in [0.2, 0.25) is 5.13 Å². The monoisotopic (exact) mass is 379 g/mol. The maximum atomic E-state index is 6.23. The van der Waals surface area contributed by atoms with Crippen LogP contribution in [-0.2, 0) is 0 Å². The molecule has 4 nitrogen and oxygen atoms in total. The largest absolute Gasteiger partial charge is 0.488 e. The Hall–Kier alpha value is -1.82.